The van der Waals surface area contributed by atoms with Crippen molar-refractivity contribution in [1.29, 1.82) is 0 Å². The first-order valence-corrected chi connectivity index (χ1v) is 7.99. The van der Waals surface area contributed by atoms with Crippen molar-refractivity contribution < 1.29 is 14.3 Å². The summed E-state index contributed by atoms with van der Waals surface area (Å²) in [6.45, 7) is 5.09. The average molecular weight is 319 g/mol. The number of carbonyl (C=O) groups is 2. The van der Waals surface area contributed by atoms with Gasteiger partial charge in [0.25, 0.3) is 5.91 Å². The first-order valence-electron chi connectivity index (χ1n) is 7.99. The van der Waals surface area contributed by atoms with Crippen LogP contribution < -0.4 is 15.0 Å². The Kier molecular flexibility index (Phi) is 5.60. The predicted octanol–water partition coefficient (Wildman–Crippen LogP) is 2.10. The van der Waals surface area contributed by atoms with Crippen LogP contribution in [0.25, 0.3) is 0 Å². The van der Waals surface area contributed by atoms with Crippen molar-refractivity contribution in [3.63, 3.8) is 0 Å². The SMILES string of the molecule is CCCC(=O)Nc1ccc2c(c1)OC(C)C(=O)N2CCN(C)C. The summed E-state index contributed by atoms with van der Waals surface area (Å²) in [4.78, 5) is 27.9. The molecule has 126 valence electrons. The fraction of sp³-hybridized carbons (Fsp3) is 0.529. The molecule has 0 radical (unpaired) electrons. The van der Waals surface area contributed by atoms with Gasteiger partial charge >= 0.3 is 0 Å². The fourth-order valence-corrected chi connectivity index (χ4v) is 2.47. The van der Waals surface area contributed by atoms with Crippen molar-refractivity contribution in [2.45, 2.75) is 32.8 Å². The number of fused-ring (bicyclic) bond motifs is 1. The number of carbonyl (C=O) groups excluding carboxylic acids is 2. The molecule has 0 bridgehead atoms. The Hall–Kier alpha value is -2.08. The van der Waals surface area contributed by atoms with E-state index in [4.69, 9.17) is 4.74 Å². The van der Waals surface area contributed by atoms with E-state index in [1.165, 1.54) is 0 Å². The minimum Gasteiger partial charge on any atom is -0.479 e. The summed E-state index contributed by atoms with van der Waals surface area (Å²) in [6.07, 6.45) is 0.769. The third kappa shape index (κ3) is 4.22. The number of rotatable bonds is 6. The molecular formula is C17H25N3O3. The van der Waals surface area contributed by atoms with Crippen molar-refractivity contribution in [3.8, 4) is 5.75 Å². The van der Waals surface area contributed by atoms with Crippen molar-refractivity contribution >= 4 is 23.2 Å². The molecule has 1 aromatic rings. The number of hydrogen-bond donors (Lipinski definition) is 1. The molecule has 1 aliphatic heterocycles. The lowest BCUT2D eigenvalue weighted by Crippen LogP contribution is -2.46. The van der Waals surface area contributed by atoms with E-state index in [1.807, 2.05) is 38.1 Å². The minimum absolute atomic E-state index is 0.0168. The van der Waals surface area contributed by atoms with Gasteiger partial charge in [-0.2, -0.15) is 0 Å². The van der Waals surface area contributed by atoms with Gasteiger partial charge in [-0.3, -0.25) is 9.59 Å². The molecule has 1 atom stereocenters. The highest BCUT2D eigenvalue weighted by molar-refractivity contribution is 6.00. The maximum absolute atomic E-state index is 12.4. The predicted molar refractivity (Wildman–Crippen MR) is 91.0 cm³/mol. The molecular weight excluding hydrogens is 294 g/mol. The van der Waals surface area contributed by atoms with Crippen LogP contribution in [-0.4, -0.2) is 50.0 Å². The Bertz CT molecular complexity index is 586. The summed E-state index contributed by atoms with van der Waals surface area (Å²) in [5.41, 5.74) is 1.44. The maximum atomic E-state index is 12.4. The summed E-state index contributed by atoms with van der Waals surface area (Å²) in [5, 5.41) is 2.85. The molecule has 2 amide bonds. The molecule has 6 nitrogen and oxygen atoms in total. The molecule has 1 unspecified atom stereocenters. The highest BCUT2D eigenvalue weighted by Crippen LogP contribution is 2.36. The maximum Gasteiger partial charge on any atom is 0.267 e. The van der Waals surface area contributed by atoms with Crippen LogP contribution in [0.3, 0.4) is 0 Å². The lowest BCUT2D eigenvalue weighted by Gasteiger charge is -2.34. The second kappa shape index (κ2) is 7.46. The molecule has 1 N–H and O–H groups in total. The second-order valence-electron chi connectivity index (χ2n) is 6.03. The van der Waals surface area contributed by atoms with Gasteiger partial charge < -0.3 is 19.9 Å². The normalized spacial score (nSPS) is 17.0. The summed E-state index contributed by atoms with van der Waals surface area (Å²) < 4.78 is 5.71. The summed E-state index contributed by atoms with van der Waals surface area (Å²) in [6, 6.07) is 5.42. The van der Waals surface area contributed by atoms with E-state index in [1.54, 1.807) is 17.9 Å². The van der Waals surface area contributed by atoms with Gasteiger partial charge in [-0.15, -0.1) is 0 Å². The molecule has 0 spiro atoms. The molecule has 0 fully saturated rings. The topological polar surface area (TPSA) is 61.9 Å². The number of likely N-dealkylation sites (N-methyl/N-ethyl adjacent to an activating group) is 1. The first kappa shape index (κ1) is 17.3. The minimum atomic E-state index is -0.522. The highest BCUT2D eigenvalue weighted by Gasteiger charge is 2.31. The number of hydrogen-bond acceptors (Lipinski definition) is 4. The summed E-state index contributed by atoms with van der Waals surface area (Å²) in [5.74, 6) is 0.573. The zero-order valence-electron chi connectivity index (χ0n) is 14.3. The standard InChI is InChI=1S/C17H25N3O3/c1-5-6-16(21)18-13-7-8-14-15(11-13)23-12(2)17(22)20(14)10-9-19(3)4/h7-8,11-12H,5-6,9-10H2,1-4H3,(H,18,21). The Labute approximate surface area is 137 Å². The van der Waals surface area contributed by atoms with E-state index < -0.39 is 6.10 Å². The largest absolute Gasteiger partial charge is 0.479 e. The van der Waals surface area contributed by atoms with Crippen LogP contribution in [0.4, 0.5) is 11.4 Å². The van der Waals surface area contributed by atoms with E-state index in [9.17, 15) is 9.59 Å². The van der Waals surface area contributed by atoms with Gasteiger partial charge in [0.15, 0.2) is 6.10 Å². The van der Waals surface area contributed by atoms with Crippen LogP contribution in [0.1, 0.15) is 26.7 Å². The molecule has 0 aromatic heterocycles. The van der Waals surface area contributed by atoms with Gasteiger partial charge in [0.1, 0.15) is 5.75 Å². The summed E-state index contributed by atoms with van der Waals surface area (Å²) in [7, 11) is 3.95. The lowest BCUT2D eigenvalue weighted by atomic mass is 10.1. The van der Waals surface area contributed by atoms with Crippen molar-refractivity contribution in [2.75, 3.05) is 37.4 Å². The van der Waals surface area contributed by atoms with E-state index in [0.29, 0.717) is 24.4 Å². The zero-order valence-corrected chi connectivity index (χ0v) is 14.3. The van der Waals surface area contributed by atoms with Gasteiger partial charge in [0.2, 0.25) is 5.91 Å². The average Bonchev–Trinajstić information content (AvgIpc) is 2.48. The van der Waals surface area contributed by atoms with Gasteiger partial charge in [-0.05, 0) is 39.6 Å². The number of anilines is 2. The van der Waals surface area contributed by atoms with Crippen LogP contribution in [0.2, 0.25) is 0 Å². The molecule has 2 rings (SSSR count). The zero-order chi connectivity index (χ0) is 17.0. The molecule has 0 saturated heterocycles. The fourth-order valence-electron chi connectivity index (χ4n) is 2.47. The summed E-state index contributed by atoms with van der Waals surface area (Å²) >= 11 is 0. The van der Waals surface area contributed by atoms with Crippen LogP contribution in [-0.2, 0) is 9.59 Å². The molecule has 0 saturated carbocycles. The van der Waals surface area contributed by atoms with Crippen molar-refractivity contribution in [1.82, 2.24) is 4.90 Å². The lowest BCUT2D eigenvalue weighted by molar-refractivity contribution is -0.125. The molecule has 6 heteroatoms. The number of ether oxygens (including phenoxy) is 1. The Morgan fingerprint density at radius 2 is 2.13 bits per heavy atom. The number of amides is 2. The van der Waals surface area contributed by atoms with Crippen LogP contribution in [0.5, 0.6) is 5.75 Å². The third-order valence-electron chi connectivity index (χ3n) is 3.70. The Morgan fingerprint density at radius 3 is 2.78 bits per heavy atom. The first-order chi connectivity index (χ1) is 10.9. The number of nitrogens with zero attached hydrogens (tertiary/aromatic N) is 2. The van der Waals surface area contributed by atoms with Gasteiger partial charge in [0.05, 0.1) is 5.69 Å². The molecule has 1 heterocycles. The quantitative estimate of drug-likeness (QED) is 0.872. The highest BCUT2D eigenvalue weighted by atomic mass is 16.5. The molecule has 1 aromatic carbocycles. The van der Waals surface area contributed by atoms with E-state index >= 15 is 0 Å². The number of nitrogens with one attached hydrogen (secondary N) is 1. The van der Waals surface area contributed by atoms with Crippen molar-refractivity contribution in [3.05, 3.63) is 18.2 Å². The molecule has 0 aliphatic carbocycles. The van der Waals surface area contributed by atoms with E-state index in [-0.39, 0.29) is 11.8 Å². The Balaban J connectivity index is 2.22. The van der Waals surface area contributed by atoms with Gasteiger partial charge in [-0.25, -0.2) is 0 Å². The smallest absolute Gasteiger partial charge is 0.267 e. The van der Waals surface area contributed by atoms with Crippen LogP contribution in [0, 0.1) is 0 Å². The molecule has 1 aliphatic rings. The monoisotopic (exact) mass is 319 g/mol. The van der Waals surface area contributed by atoms with Crippen LogP contribution >= 0.6 is 0 Å². The van der Waals surface area contributed by atoms with E-state index in [0.717, 1.165) is 18.7 Å². The van der Waals surface area contributed by atoms with Gasteiger partial charge in [-0.1, -0.05) is 6.92 Å². The second-order valence-corrected chi connectivity index (χ2v) is 6.03. The molecule has 23 heavy (non-hydrogen) atoms. The Morgan fingerprint density at radius 1 is 1.39 bits per heavy atom. The van der Waals surface area contributed by atoms with Crippen molar-refractivity contribution in [2.24, 2.45) is 0 Å². The third-order valence-corrected chi connectivity index (χ3v) is 3.70. The van der Waals surface area contributed by atoms with Crippen LogP contribution in [0.15, 0.2) is 18.2 Å². The van der Waals surface area contributed by atoms with E-state index in [2.05, 4.69) is 5.32 Å². The van der Waals surface area contributed by atoms with Gasteiger partial charge in [0, 0.05) is 31.3 Å². The number of benzene rings is 1.